The Labute approximate surface area is 167 Å². The summed E-state index contributed by atoms with van der Waals surface area (Å²) >= 11 is 1.88. The Balaban J connectivity index is 0.000000568. The maximum absolute atomic E-state index is 14.1. The van der Waals surface area contributed by atoms with Gasteiger partial charge in [0.15, 0.2) is 11.6 Å². The molecule has 28 heavy (non-hydrogen) atoms. The number of carboxylic acid groups (broad SMARTS) is 1. The van der Waals surface area contributed by atoms with Crippen molar-refractivity contribution in [2.24, 2.45) is 5.73 Å². The predicted octanol–water partition coefficient (Wildman–Crippen LogP) is 4.36. The number of anilines is 2. The predicted molar refractivity (Wildman–Crippen MR) is 95.7 cm³/mol. The lowest BCUT2D eigenvalue weighted by molar-refractivity contribution is -0.156. The summed E-state index contributed by atoms with van der Waals surface area (Å²) in [5, 5.41) is 11.4. The number of hydrogen-bond acceptors (Lipinski definition) is 4. The van der Waals surface area contributed by atoms with Gasteiger partial charge in [0.05, 0.1) is 16.9 Å². The van der Waals surface area contributed by atoms with E-state index >= 15 is 0 Å². The van der Waals surface area contributed by atoms with E-state index in [1.165, 1.54) is 18.2 Å². The van der Waals surface area contributed by atoms with E-state index in [0.29, 0.717) is 3.57 Å². The Kier molecular flexibility index (Phi) is 8.23. The van der Waals surface area contributed by atoms with Crippen molar-refractivity contribution in [2.75, 3.05) is 5.32 Å². The van der Waals surface area contributed by atoms with Crippen LogP contribution in [0.15, 0.2) is 24.3 Å². The lowest BCUT2D eigenvalue weighted by Gasteiger charge is -2.14. The highest BCUT2D eigenvalue weighted by Crippen LogP contribution is 2.30. The molecule has 4 N–H and O–H groups in total. The molecule has 0 aliphatic carbocycles. The minimum absolute atomic E-state index is 0.165. The van der Waals surface area contributed by atoms with Gasteiger partial charge in [-0.1, -0.05) is 0 Å². The molecule has 0 radical (unpaired) electrons. The number of rotatable bonds is 4. The first kappa shape index (κ1) is 23.7. The molecule has 0 heterocycles. The average Bonchev–Trinajstić information content (AvgIpc) is 2.60. The molecule has 0 amide bonds. The third-order valence-corrected chi connectivity index (χ3v) is 3.73. The molecular weight excluding hydrogens is 509 g/mol. The smallest absolute Gasteiger partial charge is 0.446 e. The lowest BCUT2D eigenvalue weighted by Crippen LogP contribution is -2.12. The van der Waals surface area contributed by atoms with Gasteiger partial charge in [0.25, 0.3) is 0 Å². The van der Waals surface area contributed by atoms with Gasteiger partial charge in [-0.3, -0.25) is 4.79 Å². The number of carbonyl (C=O) groups excluding carboxylic acids is 1. The molecule has 0 bridgehead atoms. The molecule has 0 aliphatic heterocycles. The Morgan fingerprint density at radius 2 is 1.75 bits per heavy atom. The van der Waals surface area contributed by atoms with E-state index in [4.69, 9.17) is 15.6 Å². The molecule has 5 nitrogen and oxygen atoms in total. The van der Waals surface area contributed by atoms with Crippen molar-refractivity contribution in [3.63, 3.8) is 0 Å². The quantitative estimate of drug-likeness (QED) is 0.317. The van der Waals surface area contributed by atoms with Crippen LogP contribution < -0.4 is 11.1 Å². The van der Waals surface area contributed by atoms with E-state index in [-0.39, 0.29) is 17.8 Å². The minimum Gasteiger partial charge on any atom is -0.478 e. The van der Waals surface area contributed by atoms with Crippen molar-refractivity contribution in [1.29, 1.82) is 0 Å². The SMILES string of the molecule is NCc1cc(C(=O)O)c(Nc2ccc(I)cc2F)c(F)c1F.O=CC(F)(F)F. The first-order valence-electron chi connectivity index (χ1n) is 7.10. The zero-order valence-electron chi connectivity index (χ0n) is 13.6. The van der Waals surface area contributed by atoms with Crippen LogP contribution in [0.3, 0.4) is 0 Å². The van der Waals surface area contributed by atoms with E-state index in [1.807, 2.05) is 22.6 Å². The largest absolute Gasteiger partial charge is 0.478 e. The molecule has 0 saturated heterocycles. The molecule has 0 aromatic heterocycles. The van der Waals surface area contributed by atoms with Gasteiger partial charge in [-0.15, -0.1) is 0 Å². The number of carbonyl (C=O) groups is 2. The van der Waals surface area contributed by atoms with Crippen molar-refractivity contribution in [3.8, 4) is 0 Å². The number of aromatic carboxylic acids is 1. The van der Waals surface area contributed by atoms with Crippen LogP contribution in [0.25, 0.3) is 0 Å². The monoisotopic (exact) mass is 520 g/mol. The zero-order valence-corrected chi connectivity index (χ0v) is 15.7. The van der Waals surface area contributed by atoms with Crippen molar-refractivity contribution in [1.82, 2.24) is 0 Å². The van der Waals surface area contributed by atoms with E-state index in [9.17, 15) is 31.1 Å². The van der Waals surface area contributed by atoms with E-state index in [0.717, 1.165) is 6.07 Å². The van der Waals surface area contributed by atoms with Gasteiger partial charge in [0.1, 0.15) is 5.82 Å². The summed E-state index contributed by atoms with van der Waals surface area (Å²) in [4.78, 5) is 19.9. The average molecular weight is 520 g/mol. The Morgan fingerprint density at radius 1 is 1.18 bits per heavy atom. The summed E-state index contributed by atoms with van der Waals surface area (Å²) in [6.07, 6.45) is -5.70. The number of aldehydes is 1. The number of benzene rings is 2. The van der Waals surface area contributed by atoms with E-state index in [2.05, 4.69) is 5.32 Å². The van der Waals surface area contributed by atoms with Crippen LogP contribution in [-0.2, 0) is 11.3 Å². The normalized spacial score (nSPS) is 10.7. The van der Waals surface area contributed by atoms with Gasteiger partial charge in [-0.25, -0.2) is 18.0 Å². The molecule has 2 rings (SSSR count). The second kappa shape index (κ2) is 9.73. The minimum atomic E-state index is -4.64. The summed E-state index contributed by atoms with van der Waals surface area (Å²) in [7, 11) is 0. The molecule has 152 valence electrons. The van der Waals surface area contributed by atoms with Gasteiger partial charge in [0, 0.05) is 15.7 Å². The lowest BCUT2D eigenvalue weighted by atomic mass is 10.1. The maximum atomic E-state index is 14.1. The fraction of sp³-hybridized carbons (Fsp3) is 0.125. The number of halogens is 7. The molecule has 0 saturated carbocycles. The maximum Gasteiger partial charge on any atom is 0.446 e. The Bertz CT molecular complexity index is 890. The standard InChI is InChI=1S/C14H10F3IN2O2.C2HF3O/c15-9-4-7(18)1-2-10(9)20-13-8(14(21)22)3-6(5-19)11(16)12(13)17;3-2(4,5)1-6/h1-4,20H,5,19H2,(H,21,22);1H. The zero-order chi connectivity index (χ0) is 21.6. The Hall–Kier alpha value is -2.35. The summed E-state index contributed by atoms with van der Waals surface area (Å²) in [5.74, 6) is -4.88. The summed E-state index contributed by atoms with van der Waals surface area (Å²) < 4.78 is 73.5. The third kappa shape index (κ3) is 6.37. The van der Waals surface area contributed by atoms with Crippen molar-refractivity contribution >= 4 is 46.2 Å². The van der Waals surface area contributed by atoms with Gasteiger partial charge < -0.3 is 16.2 Å². The molecule has 0 fully saturated rings. The van der Waals surface area contributed by atoms with Crippen LogP contribution in [0.5, 0.6) is 0 Å². The van der Waals surface area contributed by atoms with Gasteiger partial charge in [0.2, 0.25) is 6.29 Å². The van der Waals surface area contributed by atoms with Crippen LogP contribution in [0.4, 0.5) is 37.7 Å². The van der Waals surface area contributed by atoms with Crippen molar-refractivity contribution in [2.45, 2.75) is 12.7 Å². The van der Waals surface area contributed by atoms with E-state index in [1.54, 1.807) is 0 Å². The highest BCUT2D eigenvalue weighted by Gasteiger charge is 2.25. The number of hydrogen-bond donors (Lipinski definition) is 3. The van der Waals surface area contributed by atoms with E-state index < -0.39 is 47.1 Å². The summed E-state index contributed by atoms with van der Waals surface area (Å²) in [6.45, 7) is -0.360. The fourth-order valence-corrected chi connectivity index (χ4v) is 2.30. The highest BCUT2D eigenvalue weighted by molar-refractivity contribution is 14.1. The van der Waals surface area contributed by atoms with Crippen LogP contribution in [0.1, 0.15) is 15.9 Å². The van der Waals surface area contributed by atoms with Crippen LogP contribution in [0.2, 0.25) is 0 Å². The number of carboxylic acids is 1. The molecule has 0 unspecified atom stereocenters. The van der Waals surface area contributed by atoms with Crippen LogP contribution in [0, 0.1) is 21.0 Å². The number of nitrogens with two attached hydrogens (primary N) is 1. The molecule has 0 spiro atoms. The van der Waals surface area contributed by atoms with Crippen molar-refractivity contribution < 1.29 is 41.0 Å². The number of alkyl halides is 3. The second-order valence-electron chi connectivity index (χ2n) is 5.00. The van der Waals surface area contributed by atoms with Crippen LogP contribution >= 0.6 is 22.6 Å². The first-order chi connectivity index (χ1) is 12.9. The first-order valence-corrected chi connectivity index (χ1v) is 8.18. The molecule has 12 heteroatoms. The molecule has 0 atom stereocenters. The summed E-state index contributed by atoms with van der Waals surface area (Å²) in [6, 6.07) is 4.94. The molecular formula is C16H11F6IN2O3. The molecule has 2 aromatic rings. The molecule has 2 aromatic carbocycles. The topological polar surface area (TPSA) is 92.4 Å². The second-order valence-corrected chi connectivity index (χ2v) is 6.25. The Morgan fingerprint density at radius 3 is 2.18 bits per heavy atom. The van der Waals surface area contributed by atoms with Gasteiger partial charge >= 0.3 is 12.1 Å². The molecule has 0 aliphatic rings. The van der Waals surface area contributed by atoms with Crippen LogP contribution in [-0.4, -0.2) is 23.5 Å². The van der Waals surface area contributed by atoms with Crippen molar-refractivity contribution in [3.05, 3.63) is 56.4 Å². The highest BCUT2D eigenvalue weighted by atomic mass is 127. The number of nitrogens with one attached hydrogen (secondary N) is 1. The third-order valence-electron chi connectivity index (χ3n) is 3.06. The van der Waals surface area contributed by atoms with Gasteiger partial charge in [-0.05, 0) is 46.9 Å². The summed E-state index contributed by atoms with van der Waals surface area (Å²) in [5.41, 5.74) is 3.63. The fourth-order valence-electron chi connectivity index (χ4n) is 1.84. The van der Waals surface area contributed by atoms with Gasteiger partial charge in [-0.2, -0.15) is 13.2 Å².